The largest absolute Gasteiger partial charge is 0.367 e. The van der Waals surface area contributed by atoms with Gasteiger partial charge in [-0.1, -0.05) is 17.7 Å². The van der Waals surface area contributed by atoms with E-state index in [1.165, 1.54) is 12.8 Å². The van der Waals surface area contributed by atoms with E-state index in [0.29, 0.717) is 17.0 Å². The molecule has 1 heterocycles. The monoisotopic (exact) mass is 288 g/mol. The van der Waals surface area contributed by atoms with E-state index >= 15 is 0 Å². The van der Waals surface area contributed by atoms with E-state index in [1.807, 2.05) is 26.0 Å². The first kappa shape index (κ1) is 13.2. The summed E-state index contributed by atoms with van der Waals surface area (Å²) in [6, 6.07) is 6.47. The molecule has 4 nitrogen and oxygen atoms in total. The molecule has 0 radical (unpaired) electrons. The van der Waals surface area contributed by atoms with E-state index in [2.05, 4.69) is 26.7 Å². The molecule has 1 aromatic heterocycles. The highest BCUT2D eigenvalue weighted by atomic mass is 35.5. The number of nitrogens with one attached hydrogen (secondary N) is 2. The van der Waals surface area contributed by atoms with Gasteiger partial charge in [-0.25, -0.2) is 4.98 Å². The molecule has 0 unspecified atom stereocenters. The summed E-state index contributed by atoms with van der Waals surface area (Å²) >= 11 is 6.29. The van der Waals surface area contributed by atoms with Crippen LogP contribution in [0.5, 0.6) is 0 Å². The minimum Gasteiger partial charge on any atom is -0.367 e. The summed E-state index contributed by atoms with van der Waals surface area (Å²) in [4.78, 5) is 8.71. The van der Waals surface area contributed by atoms with Gasteiger partial charge in [0, 0.05) is 12.2 Å². The molecule has 20 heavy (non-hydrogen) atoms. The Morgan fingerprint density at radius 2 is 2.05 bits per heavy atom. The number of aryl methyl sites for hydroxylation is 2. The van der Waals surface area contributed by atoms with E-state index < -0.39 is 0 Å². The van der Waals surface area contributed by atoms with Crippen molar-refractivity contribution in [3.05, 3.63) is 40.5 Å². The highest BCUT2D eigenvalue weighted by molar-refractivity contribution is 6.33. The molecule has 1 fully saturated rings. The summed E-state index contributed by atoms with van der Waals surface area (Å²) < 4.78 is 0. The van der Waals surface area contributed by atoms with Gasteiger partial charge in [0.15, 0.2) is 0 Å². The lowest BCUT2D eigenvalue weighted by Crippen LogP contribution is -2.06. The average molecular weight is 289 g/mol. The minimum absolute atomic E-state index is 0.560. The van der Waals surface area contributed by atoms with Gasteiger partial charge in [-0.3, -0.25) is 0 Å². The topological polar surface area (TPSA) is 49.8 Å². The van der Waals surface area contributed by atoms with Crippen LogP contribution in [0.15, 0.2) is 24.4 Å². The highest BCUT2D eigenvalue weighted by Crippen LogP contribution is 2.30. The fraction of sp³-hybridized carbons (Fsp3) is 0.333. The summed E-state index contributed by atoms with van der Waals surface area (Å²) in [6.07, 6.45) is 4.18. The zero-order chi connectivity index (χ0) is 14.1. The molecule has 1 saturated carbocycles. The molecule has 1 aliphatic carbocycles. The Morgan fingerprint density at radius 3 is 2.75 bits per heavy atom. The Labute approximate surface area is 123 Å². The van der Waals surface area contributed by atoms with E-state index in [-0.39, 0.29) is 0 Å². The average Bonchev–Trinajstić information content (AvgIpc) is 3.18. The van der Waals surface area contributed by atoms with Crippen LogP contribution in [0.1, 0.15) is 24.0 Å². The molecule has 0 atom stereocenters. The van der Waals surface area contributed by atoms with Crippen molar-refractivity contribution in [2.24, 2.45) is 0 Å². The molecular weight excluding hydrogens is 272 g/mol. The number of hydrogen-bond acceptors (Lipinski definition) is 4. The van der Waals surface area contributed by atoms with Crippen molar-refractivity contribution in [3.8, 4) is 0 Å². The van der Waals surface area contributed by atoms with Crippen molar-refractivity contribution < 1.29 is 0 Å². The summed E-state index contributed by atoms with van der Waals surface area (Å²) in [7, 11) is 0. The van der Waals surface area contributed by atoms with Crippen LogP contribution in [-0.2, 0) is 0 Å². The predicted molar refractivity (Wildman–Crippen MR) is 82.9 cm³/mol. The van der Waals surface area contributed by atoms with Crippen LogP contribution in [0.3, 0.4) is 0 Å². The Morgan fingerprint density at radius 1 is 1.25 bits per heavy atom. The van der Waals surface area contributed by atoms with Crippen LogP contribution in [0.4, 0.5) is 17.5 Å². The van der Waals surface area contributed by atoms with Crippen LogP contribution in [0, 0.1) is 13.8 Å². The molecule has 3 rings (SSSR count). The van der Waals surface area contributed by atoms with Gasteiger partial charge in [0.1, 0.15) is 5.82 Å². The lowest BCUT2D eigenvalue weighted by Gasteiger charge is -2.12. The van der Waals surface area contributed by atoms with Crippen LogP contribution in [-0.4, -0.2) is 16.0 Å². The maximum Gasteiger partial charge on any atom is 0.229 e. The summed E-state index contributed by atoms with van der Waals surface area (Å²) in [5.74, 6) is 1.41. The molecule has 1 aliphatic rings. The number of hydrogen-bond donors (Lipinski definition) is 2. The van der Waals surface area contributed by atoms with Gasteiger partial charge in [-0.15, -0.1) is 0 Å². The van der Waals surface area contributed by atoms with Gasteiger partial charge in [0.2, 0.25) is 5.95 Å². The fourth-order valence-electron chi connectivity index (χ4n) is 2.12. The molecule has 2 N–H and O–H groups in total. The minimum atomic E-state index is 0.560. The van der Waals surface area contributed by atoms with Gasteiger partial charge in [-0.05, 0) is 49.9 Å². The smallest absolute Gasteiger partial charge is 0.229 e. The standard InChI is InChI=1S/C15H17ClN4/c1-9-7-10(2)14(12(16)8-9)20-15-17-6-5-13(19-15)18-11-3-4-11/h5-8,11H,3-4H2,1-2H3,(H2,17,18,19,20). The van der Waals surface area contributed by atoms with E-state index in [1.54, 1.807) is 6.20 Å². The third-order valence-electron chi connectivity index (χ3n) is 3.25. The first-order valence-corrected chi connectivity index (χ1v) is 7.13. The number of nitrogens with zero attached hydrogens (tertiary/aromatic N) is 2. The number of rotatable bonds is 4. The second-order valence-corrected chi connectivity index (χ2v) is 5.65. The van der Waals surface area contributed by atoms with Crippen molar-refractivity contribution in [1.82, 2.24) is 9.97 Å². The van der Waals surface area contributed by atoms with Crippen molar-refractivity contribution in [3.63, 3.8) is 0 Å². The molecule has 104 valence electrons. The fourth-order valence-corrected chi connectivity index (χ4v) is 2.49. The van der Waals surface area contributed by atoms with Gasteiger partial charge < -0.3 is 10.6 Å². The third kappa shape index (κ3) is 3.02. The second-order valence-electron chi connectivity index (χ2n) is 5.25. The first-order valence-electron chi connectivity index (χ1n) is 6.75. The van der Waals surface area contributed by atoms with Gasteiger partial charge >= 0.3 is 0 Å². The van der Waals surface area contributed by atoms with Crippen LogP contribution in [0.2, 0.25) is 5.02 Å². The van der Waals surface area contributed by atoms with E-state index in [0.717, 1.165) is 22.6 Å². The number of anilines is 3. The van der Waals surface area contributed by atoms with Crippen LogP contribution >= 0.6 is 11.6 Å². The molecule has 0 saturated heterocycles. The third-order valence-corrected chi connectivity index (χ3v) is 3.55. The Balaban J connectivity index is 1.83. The maximum atomic E-state index is 6.29. The maximum absolute atomic E-state index is 6.29. The SMILES string of the molecule is Cc1cc(C)c(Nc2nccc(NC3CC3)n2)c(Cl)c1. The summed E-state index contributed by atoms with van der Waals surface area (Å²) in [5.41, 5.74) is 3.09. The zero-order valence-corrected chi connectivity index (χ0v) is 12.3. The van der Waals surface area contributed by atoms with Crippen molar-refractivity contribution in [2.45, 2.75) is 32.7 Å². The lowest BCUT2D eigenvalue weighted by atomic mass is 10.1. The Bertz CT molecular complexity index is 615. The molecule has 0 amide bonds. The molecule has 0 bridgehead atoms. The second kappa shape index (κ2) is 5.29. The summed E-state index contributed by atoms with van der Waals surface area (Å²) in [5, 5.41) is 7.25. The molecule has 1 aromatic carbocycles. The zero-order valence-electron chi connectivity index (χ0n) is 11.6. The van der Waals surface area contributed by atoms with Gasteiger partial charge in [0.25, 0.3) is 0 Å². The highest BCUT2D eigenvalue weighted by Gasteiger charge is 2.21. The number of benzene rings is 1. The molecule has 2 aromatic rings. The molecular formula is C15H17ClN4. The molecule has 0 aliphatic heterocycles. The molecule has 0 spiro atoms. The van der Waals surface area contributed by atoms with Crippen molar-refractivity contribution in [1.29, 1.82) is 0 Å². The predicted octanol–water partition coefficient (Wildman–Crippen LogP) is 4.06. The van der Waals surface area contributed by atoms with Crippen LogP contribution < -0.4 is 10.6 Å². The number of halogens is 1. The normalized spacial score (nSPS) is 14.2. The van der Waals surface area contributed by atoms with Gasteiger partial charge in [-0.2, -0.15) is 4.98 Å². The molecule has 5 heteroatoms. The lowest BCUT2D eigenvalue weighted by molar-refractivity contribution is 1.08. The van der Waals surface area contributed by atoms with E-state index in [9.17, 15) is 0 Å². The van der Waals surface area contributed by atoms with Gasteiger partial charge in [0.05, 0.1) is 10.7 Å². The van der Waals surface area contributed by atoms with E-state index in [4.69, 9.17) is 11.6 Å². The van der Waals surface area contributed by atoms with Crippen LogP contribution in [0.25, 0.3) is 0 Å². The number of aromatic nitrogens is 2. The van der Waals surface area contributed by atoms with Crippen molar-refractivity contribution >= 4 is 29.1 Å². The van der Waals surface area contributed by atoms with Crippen molar-refractivity contribution in [2.75, 3.05) is 10.6 Å². The Hall–Kier alpha value is -1.81. The Kier molecular flexibility index (Phi) is 3.49. The summed E-state index contributed by atoms with van der Waals surface area (Å²) in [6.45, 7) is 4.05. The first-order chi connectivity index (χ1) is 9.61. The quantitative estimate of drug-likeness (QED) is 0.890.